The second-order valence-corrected chi connectivity index (χ2v) is 8.35. The molecule has 0 radical (unpaired) electrons. The molecule has 3 heterocycles. The van der Waals surface area contributed by atoms with Crippen molar-refractivity contribution in [3.05, 3.63) is 52.2 Å². The van der Waals surface area contributed by atoms with Crippen LogP contribution in [0.25, 0.3) is 10.7 Å². The Morgan fingerprint density at radius 3 is 2.89 bits per heavy atom. The molecule has 8 heteroatoms. The Kier molecular flexibility index (Phi) is 5.75. The SMILES string of the molecule is Cc1ccc(NC(=O)C2CCN(Cc3nc(-c4cccs4)no3)CC2)cc1Cl. The monoisotopic (exact) mass is 416 g/mol. The average Bonchev–Trinajstić information content (AvgIpc) is 3.37. The van der Waals surface area contributed by atoms with Crippen molar-refractivity contribution < 1.29 is 9.32 Å². The summed E-state index contributed by atoms with van der Waals surface area (Å²) in [4.78, 5) is 20.3. The number of halogens is 1. The van der Waals surface area contributed by atoms with Crippen molar-refractivity contribution in [2.75, 3.05) is 18.4 Å². The van der Waals surface area contributed by atoms with Crippen LogP contribution in [0.2, 0.25) is 5.02 Å². The number of benzene rings is 1. The van der Waals surface area contributed by atoms with Gasteiger partial charge in [0.05, 0.1) is 11.4 Å². The lowest BCUT2D eigenvalue weighted by Crippen LogP contribution is -2.37. The lowest BCUT2D eigenvalue weighted by molar-refractivity contribution is -0.121. The molecule has 1 aliphatic rings. The van der Waals surface area contributed by atoms with Gasteiger partial charge >= 0.3 is 0 Å². The largest absolute Gasteiger partial charge is 0.338 e. The third kappa shape index (κ3) is 4.43. The van der Waals surface area contributed by atoms with Gasteiger partial charge in [0, 0.05) is 16.6 Å². The molecule has 4 rings (SSSR count). The van der Waals surface area contributed by atoms with Crippen molar-refractivity contribution in [2.24, 2.45) is 5.92 Å². The predicted octanol–water partition coefficient (Wildman–Crippen LogP) is 4.61. The van der Waals surface area contributed by atoms with E-state index in [2.05, 4.69) is 20.4 Å². The quantitative estimate of drug-likeness (QED) is 0.657. The molecule has 0 spiro atoms. The highest BCUT2D eigenvalue weighted by atomic mass is 35.5. The summed E-state index contributed by atoms with van der Waals surface area (Å²) >= 11 is 7.73. The van der Waals surface area contributed by atoms with Crippen LogP contribution in [0.4, 0.5) is 5.69 Å². The molecule has 0 aliphatic carbocycles. The summed E-state index contributed by atoms with van der Waals surface area (Å²) in [6.45, 7) is 4.20. The molecule has 0 atom stereocenters. The predicted molar refractivity (Wildman–Crippen MR) is 110 cm³/mol. The summed E-state index contributed by atoms with van der Waals surface area (Å²) in [5, 5.41) is 9.68. The molecule has 1 amide bonds. The molecule has 3 aromatic rings. The van der Waals surface area contributed by atoms with Gasteiger partial charge < -0.3 is 9.84 Å². The smallest absolute Gasteiger partial charge is 0.241 e. The van der Waals surface area contributed by atoms with E-state index in [9.17, 15) is 4.79 Å². The number of piperidine rings is 1. The number of thiophene rings is 1. The van der Waals surface area contributed by atoms with Crippen LogP contribution in [-0.4, -0.2) is 34.0 Å². The zero-order chi connectivity index (χ0) is 19.5. The molecule has 1 fully saturated rings. The number of aryl methyl sites for hydroxylation is 1. The van der Waals surface area contributed by atoms with Gasteiger partial charge in [-0.2, -0.15) is 4.98 Å². The third-order valence-electron chi connectivity index (χ3n) is 4.97. The van der Waals surface area contributed by atoms with Crippen LogP contribution in [0.1, 0.15) is 24.3 Å². The second-order valence-electron chi connectivity index (χ2n) is 6.99. The molecule has 1 saturated heterocycles. The number of anilines is 1. The Morgan fingerprint density at radius 1 is 1.36 bits per heavy atom. The number of aromatic nitrogens is 2. The van der Waals surface area contributed by atoms with Crippen LogP contribution < -0.4 is 5.32 Å². The Balaban J connectivity index is 1.28. The number of hydrogen-bond donors (Lipinski definition) is 1. The minimum Gasteiger partial charge on any atom is -0.338 e. The molecule has 6 nitrogen and oxygen atoms in total. The van der Waals surface area contributed by atoms with Crippen LogP contribution in [0.5, 0.6) is 0 Å². The summed E-state index contributed by atoms with van der Waals surface area (Å²) in [6.07, 6.45) is 1.61. The maximum atomic E-state index is 12.6. The molecule has 2 aromatic heterocycles. The van der Waals surface area contributed by atoms with Crippen molar-refractivity contribution in [3.63, 3.8) is 0 Å². The first-order valence-corrected chi connectivity index (χ1v) is 10.5. The fourth-order valence-electron chi connectivity index (χ4n) is 3.28. The van der Waals surface area contributed by atoms with E-state index < -0.39 is 0 Å². The zero-order valence-corrected chi connectivity index (χ0v) is 17.1. The maximum absolute atomic E-state index is 12.6. The van der Waals surface area contributed by atoms with Crippen molar-refractivity contribution >= 4 is 34.5 Å². The molecular formula is C20H21ClN4O2S. The molecule has 0 unspecified atom stereocenters. The number of hydrogen-bond acceptors (Lipinski definition) is 6. The highest BCUT2D eigenvalue weighted by Gasteiger charge is 2.26. The first-order valence-electron chi connectivity index (χ1n) is 9.24. The van der Waals surface area contributed by atoms with Gasteiger partial charge in [0.2, 0.25) is 17.6 Å². The number of amides is 1. The lowest BCUT2D eigenvalue weighted by Gasteiger charge is -2.30. The highest BCUT2D eigenvalue weighted by molar-refractivity contribution is 7.13. The maximum Gasteiger partial charge on any atom is 0.241 e. The van der Waals surface area contributed by atoms with Gasteiger partial charge in [0.25, 0.3) is 0 Å². The number of carbonyl (C=O) groups excluding carboxylic acids is 1. The third-order valence-corrected chi connectivity index (χ3v) is 6.24. The van der Waals surface area contributed by atoms with Crippen molar-refractivity contribution in [1.29, 1.82) is 0 Å². The van der Waals surface area contributed by atoms with Crippen LogP contribution in [0.3, 0.4) is 0 Å². The minimum atomic E-state index is 0.000642. The van der Waals surface area contributed by atoms with E-state index in [4.69, 9.17) is 16.1 Å². The molecule has 0 saturated carbocycles. The molecule has 146 valence electrons. The normalized spacial score (nSPS) is 15.6. The van der Waals surface area contributed by atoms with Crippen molar-refractivity contribution in [3.8, 4) is 10.7 Å². The van der Waals surface area contributed by atoms with E-state index in [1.165, 1.54) is 0 Å². The van der Waals surface area contributed by atoms with Crippen LogP contribution in [0, 0.1) is 12.8 Å². The van der Waals surface area contributed by atoms with Crippen molar-refractivity contribution in [2.45, 2.75) is 26.3 Å². The molecule has 0 bridgehead atoms. The highest BCUT2D eigenvalue weighted by Crippen LogP contribution is 2.25. The summed E-state index contributed by atoms with van der Waals surface area (Å²) in [7, 11) is 0. The van der Waals surface area contributed by atoms with E-state index >= 15 is 0 Å². The summed E-state index contributed by atoms with van der Waals surface area (Å²) in [6, 6.07) is 9.54. The van der Waals surface area contributed by atoms with E-state index in [1.54, 1.807) is 17.4 Å². The molecule has 1 aliphatic heterocycles. The number of carbonyl (C=O) groups is 1. The Morgan fingerprint density at radius 2 is 2.18 bits per heavy atom. The van der Waals surface area contributed by atoms with Crippen molar-refractivity contribution in [1.82, 2.24) is 15.0 Å². The number of nitrogens with one attached hydrogen (secondary N) is 1. The molecule has 28 heavy (non-hydrogen) atoms. The van der Waals surface area contributed by atoms with Gasteiger partial charge in [-0.15, -0.1) is 11.3 Å². The van der Waals surface area contributed by atoms with Gasteiger partial charge in [0.15, 0.2) is 0 Å². The number of likely N-dealkylation sites (tertiary alicyclic amines) is 1. The average molecular weight is 417 g/mol. The summed E-state index contributed by atoms with van der Waals surface area (Å²) < 4.78 is 5.38. The fraction of sp³-hybridized carbons (Fsp3) is 0.350. The van der Waals surface area contributed by atoms with Gasteiger partial charge in [-0.05, 0) is 62.0 Å². The van der Waals surface area contributed by atoms with Crippen LogP contribution in [-0.2, 0) is 11.3 Å². The van der Waals surface area contributed by atoms with Gasteiger partial charge in [-0.3, -0.25) is 9.69 Å². The fourth-order valence-corrected chi connectivity index (χ4v) is 4.11. The summed E-state index contributed by atoms with van der Waals surface area (Å²) in [5.74, 6) is 1.30. The number of rotatable bonds is 5. The van der Waals surface area contributed by atoms with Gasteiger partial charge in [-0.1, -0.05) is 28.9 Å². The molecule has 1 N–H and O–H groups in total. The van der Waals surface area contributed by atoms with Crippen LogP contribution >= 0.6 is 22.9 Å². The topological polar surface area (TPSA) is 71.3 Å². The Hall–Kier alpha value is -2.22. The molecular weight excluding hydrogens is 396 g/mol. The zero-order valence-electron chi connectivity index (χ0n) is 15.5. The van der Waals surface area contributed by atoms with E-state index in [-0.39, 0.29) is 11.8 Å². The standard InChI is InChI=1S/C20H21ClN4O2S/c1-13-4-5-15(11-16(13)21)22-20(26)14-6-8-25(9-7-14)12-18-23-19(24-27-18)17-3-2-10-28-17/h2-5,10-11,14H,6-9,12H2,1H3,(H,22,26). The van der Waals surface area contributed by atoms with Crippen LogP contribution in [0.15, 0.2) is 40.2 Å². The minimum absolute atomic E-state index is 0.000642. The first-order chi connectivity index (χ1) is 13.6. The van der Waals surface area contributed by atoms with E-state index in [0.717, 1.165) is 42.1 Å². The van der Waals surface area contributed by atoms with Gasteiger partial charge in [-0.25, -0.2) is 0 Å². The summed E-state index contributed by atoms with van der Waals surface area (Å²) in [5.41, 5.74) is 1.74. The van der Waals surface area contributed by atoms with Gasteiger partial charge in [0.1, 0.15) is 0 Å². The molecule has 1 aromatic carbocycles. The Labute approximate surface area is 172 Å². The number of nitrogens with zero attached hydrogens (tertiary/aromatic N) is 3. The van der Waals surface area contributed by atoms with E-state index in [0.29, 0.717) is 23.3 Å². The Bertz CT molecular complexity index is 949. The first kappa shape index (κ1) is 19.1. The van der Waals surface area contributed by atoms with E-state index in [1.807, 2.05) is 36.6 Å². The second kappa shape index (κ2) is 8.43. The lowest BCUT2D eigenvalue weighted by atomic mass is 9.96.